The maximum absolute atomic E-state index is 12.8. The largest absolute Gasteiger partial charge is 0.465 e. The number of carbonyl (C=O) groups excluding carboxylic acids is 1. The summed E-state index contributed by atoms with van der Waals surface area (Å²) in [6.45, 7) is 0. The van der Waals surface area contributed by atoms with Crippen LogP contribution in [0.5, 0.6) is 0 Å². The second kappa shape index (κ2) is 4.45. The molecule has 0 aliphatic carbocycles. The molecule has 0 atom stereocenters. The smallest absolute Gasteiger partial charge is 0.392 e. The highest BCUT2D eigenvalue weighted by molar-refractivity contribution is 6.51. The standard InChI is InChI=1S/C12H10BFNO2/c1-17-12(16)9-6-10(13-14)7-4-2-3-5-8(7)11(9)15/h2-6H,15H2,1H3. The lowest BCUT2D eigenvalue weighted by molar-refractivity contribution is 0.0602. The van der Waals surface area contributed by atoms with E-state index in [-0.39, 0.29) is 5.56 Å². The highest BCUT2D eigenvalue weighted by Gasteiger charge is 2.16. The Hall–Kier alpha value is -2.04. The Balaban J connectivity index is 2.80. The normalized spacial score (nSPS) is 10.2. The third-order valence-corrected chi connectivity index (χ3v) is 2.64. The van der Waals surface area contributed by atoms with Gasteiger partial charge in [-0.1, -0.05) is 24.3 Å². The molecule has 2 N–H and O–H groups in total. The van der Waals surface area contributed by atoms with Crippen LogP contribution in [0, 0.1) is 0 Å². The number of nitrogen functional groups attached to an aromatic ring is 1. The second-order valence-corrected chi connectivity index (χ2v) is 3.57. The van der Waals surface area contributed by atoms with Gasteiger partial charge in [0.1, 0.15) is 0 Å². The molecule has 0 fully saturated rings. The predicted octanol–water partition coefficient (Wildman–Crippen LogP) is 1.42. The summed E-state index contributed by atoms with van der Waals surface area (Å²) >= 11 is 0. The van der Waals surface area contributed by atoms with Crippen LogP contribution in [0.25, 0.3) is 10.8 Å². The Labute approximate surface area is 98.7 Å². The number of benzene rings is 2. The van der Waals surface area contributed by atoms with Gasteiger partial charge in [0.25, 0.3) is 0 Å². The Kier molecular flexibility index (Phi) is 3.00. The molecule has 5 heteroatoms. The molecule has 2 rings (SSSR count). The first-order valence-electron chi connectivity index (χ1n) is 5.02. The lowest BCUT2D eigenvalue weighted by Crippen LogP contribution is -2.17. The van der Waals surface area contributed by atoms with Crippen LogP contribution in [0.1, 0.15) is 10.4 Å². The average Bonchev–Trinajstić information content (AvgIpc) is 2.39. The summed E-state index contributed by atoms with van der Waals surface area (Å²) in [7, 11) is 1.71. The van der Waals surface area contributed by atoms with E-state index in [0.29, 0.717) is 29.5 Å². The zero-order valence-electron chi connectivity index (χ0n) is 9.24. The van der Waals surface area contributed by atoms with Crippen LogP contribution in [-0.2, 0) is 4.74 Å². The van der Waals surface area contributed by atoms with Crippen molar-refractivity contribution >= 4 is 35.4 Å². The van der Waals surface area contributed by atoms with E-state index in [4.69, 9.17) is 5.73 Å². The molecule has 85 valence electrons. The molecule has 0 aliphatic heterocycles. The van der Waals surface area contributed by atoms with Crippen molar-refractivity contribution in [3.63, 3.8) is 0 Å². The number of methoxy groups -OCH3 is 1. The monoisotopic (exact) mass is 230 g/mol. The molecule has 3 nitrogen and oxygen atoms in total. The van der Waals surface area contributed by atoms with Crippen molar-refractivity contribution in [2.75, 3.05) is 12.8 Å². The first kappa shape index (κ1) is 11.5. The van der Waals surface area contributed by atoms with Crippen LogP contribution < -0.4 is 11.2 Å². The summed E-state index contributed by atoms with van der Waals surface area (Å²) in [6, 6.07) is 8.44. The lowest BCUT2D eigenvalue weighted by atomic mass is 9.84. The van der Waals surface area contributed by atoms with E-state index in [9.17, 15) is 9.11 Å². The maximum Gasteiger partial charge on any atom is 0.392 e. The second-order valence-electron chi connectivity index (χ2n) is 3.57. The molecule has 0 aliphatic rings. The van der Waals surface area contributed by atoms with Crippen molar-refractivity contribution in [3.8, 4) is 0 Å². The molecule has 2 aromatic rings. The van der Waals surface area contributed by atoms with E-state index in [1.807, 2.05) is 0 Å². The number of esters is 1. The highest BCUT2D eigenvalue weighted by Crippen LogP contribution is 2.23. The molecule has 0 aromatic heterocycles. The van der Waals surface area contributed by atoms with E-state index in [2.05, 4.69) is 4.74 Å². The van der Waals surface area contributed by atoms with Crippen LogP contribution in [0.4, 0.5) is 10.0 Å². The van der Waals surface area contributed by atoms with Gasteiger partial charge < -0.3 is 14.8 Å². The molecule has 0 unspecified atom stereocenters. The topological polar surface area (TPSA) is 52.3 Å². The van der Waals surface area contributed by atoms with Crippen LogP contribution in [0.15, 0.2) is 30.3 Å². The molecule has 0 saturated heterocycles. The molecule has 0 bridgehead atoms. The summed E-state index contributed by atoms with van der Waals surface area (Å²) in [4.78, 5) is 11.5. The number of nitrogens with two attached hydrogens (primary N) is 1. The number of ether oxygens (including phenoxy) is 1. The lowest BCUT2D eigenvalue weighted by Gasteiger charge is -2.10. The van der Waals surface area contributed by atoms with Gasteiger partial charge in [0.2, 0.25) is 0 Å². The summed E-state index contributed by atoms with van der Waals surface area (Å²) in [5.74, 6) is -0.573. The van der Waals surface area contributed by atoms with Gasteiger partial charge in [0, 0.05) is 5.39 Å². The van der Waals surface area contributed by atoms with Crippen molar-refractivity contribution < 1.29 is 13.8 Å². The number of hydrogen-bond acceptors (Lipinski definition) is 3. The van der Waals surface area contributed by atoms with Crippen LogP contribution >= 0.6 is 0 Å². The number of rotatable bonds is 2. The van der Waals surface area contributed by atoms with Gasteiger partial charge in [-0.25, -0.2) is 4.79 Å². The minimum absolute atomic E-state index is 0.176. The van der Waals surface area contributed by atoms with Gasteiger partial charge in [-0.15, -0.1) is 0 Å². The molecular formula is C12H10BFNO2. The van der Waals surface area contributed by atoms with Gasteiger partial charge in [-0.05, 0) is 16.9 Å². The van der Waals surface area contributed by atoms with Crippen molar-refractivity contribution in [2.45, 2.75) is 0 Å². The fraction of sp³-hybridized carbons (Fsp3) is 0.0833. The Morgan fingerprint density at radius 1 is 1.35 bits per heavy atom. The number of hydrogen-bond donors (Lipinski definition) is 1. The number of anilines is 1. The Morgan fingerprint density at radius 2 is 2.00 bits per heavy atom. The minimum atomic E-state index is -0.573. The summed E-state index contributed by atoms with van der Waals surface area (Å²) in [6.07, 6.45) is 0. The van der Waals surface area contributed by atoms with E-state index in [1.54, 1.807) is 24.3 Å². The van der Waals surface area contributed by atoms with E-state index < -0.39 is 5.97 Å². The summed E-state index contributed by atoms with van der Waals surface area (Å²) in [5, 5.41) is 1.31. The van der Waals surface area contributed by atoms with E-state index in [0.717, 1.165) is 0 Å². The minimum Gasteiger partial charge on any atom is -0.465 e. The SMILES string of the molecule is COC(=O)c1cc([B]F)c2ccccc2c1N. The molecule has 17 heavy (non-hydrogen) atoms. The third-order valence-electron chi connectivity index (χ3n) is 2.64. The number of carbonyl (C=O) groups is 1. The molecule has 0 saturated carbocycles. The Bertz CT molecular complexity index is 586. The van der Waals surface area contributed by atoms with Gasteiger partial charge in [0.05, 0.1) is 18.4 Å². The maximum atomic E-state index is 12.8. The van der Waals surface area contributed by atoms with Gasteiger partial charge in [-0.3, -0.25) is 0 Å². The zero-order valence-corrected chi connectivity index (χ0v) is 9.24. The summed E-state index contributed by atoms with van der Waals surface area (Å²) in [5.41, 5.74) is 6.68. The number of fused-ring (bicyclic) bond motifs is 1. The predicted molar refractivity (Wildman–Crippen MR) is 66.2 cm³/mol. The quantitative estimate of drug-likeness (QED) is 0.482. The molecular weight excluding hydrogens is 220 g/mol. The van der Waals surface area contributed by atoms with Crippen LogP contribution in [-0.4, -0.2) is 20.6 Å². The van der Waals surface area contributed by atoms with Gasteiger partial charge in [0.15, 0.2) is 0 Å². The van der Waals surface area contributed by atoms with Crippen LogP contribution in [0.2, 0.25) is 0 Å². The fourth-order valence-electron chi connectivity index (χ4n) is 1.79. The van der Waals surface area contributed by atoms with Gasteiger partial charge in [-0.2, -0.15) is 0 Å². The third kappa shape index (κ3) is 1.84. The molecule has 0 amide bonds. The fourth-order valence-corrected chi connectivity index (χ4v) is 1.79. The highest BCUT2D eigenvalue weighted by atomic mass is 19.1. The zero-order chi connectivity index (χ0) is 12.4. The molecule has 1 radical (unpaired) electrons. The molecule has 0 heterocycles. The van der Waals surface area contributed by atoms with Crippen molar-refractivity contribution in [3.05, 3.63) is 35.9 Å². The van der Waals surface area contributed by atoms with E-state index >= 15 is 0 Å². The Morgan fingerprint density at radius 3 is 2.59 bits per heavy atom. The van der Waals surface area contributed by atoms with Gasteiger partial charge >= 0.3 is 13.5 Å². The average molecular weight is 230 g/mol. The first-order valence-corrected chi connectivity index (χ1v) is 5.02. The number of halogens is 1. The summed E-state index contributed by atoms with van der Waals surface area (Å²) < 4.78 is 17.4. The van der Waals surface area contributed by atoms with Crippen LogP contribution in [0.3, 0.4) is 0 Å². The first-order chi connectivity index (χ1) is 8.19. The van der Waals surface area contributed by atoms with Crippen molar-refractivity contribution in [2.24, 2.45) is 0 Å². The molecule has 0 spiro atoms. The van der Waals surface area contributed by atoms with Crippen molar-refractivity contribution in [1.82, 2.24) is 0 Å². The molecule has 2 aromatic carbocycles. The van der Waals surface area contributed by atoms with Crippen molar-refractivity contribution in [1.29, 1.82) is 0 Å². The van der Waals surface area contributed by atoms with E-state index in [1.165, 1.54) is 13.2 Å².